The van der Waals surface area contributed by atoms with Crippen LogP contribution in [0.25, 0.3) is 5.65 Å². The van der Waals surface area contributed by atoms with Gasteiger partial charge in [0.25, 0.3) is 0 Å². The summed E-state index contributed by atoms with van der Waals surface area (Å²) in [6, 6.07) is 5.64. The summed E-state index contributed by atoms with van der Waals surface area (Å²) in [5, 5.41) is 12.5. The fourth-order valence-corrected chi connectivity index (χ4v) is 2.15. The van der Waals surface area contributed by atoms with Gasteiger partial charge in [0, 0.05) is 19.8 Å². The number of aliphatic hydroxyl groups excluding tert-OH is 1. The molecule has 6 heteroatoms. The summed E-state index contributed by atoms with van der Waals surface area (Å²) in [5.74, 6) is 0.998. The zero-order valence-electron chi connectivity index (χ0n) is 12.7. The molecule has 0 fully saturated rings. The standard InChI is InChI=1S/C15H22N4O2/c1-11(2)8-16-14(21)9-18(3)15-12(10-20)19-7-5-4-6-13(19)17-15/h4-7,11,20H,8-10H2,1-3H3,(H,16,21). The number of nitrogens with one attached hydrogen (secondary N) is 1. The zero-order chi connectivity index (χ0) is 15.4. The van der Waals surface area contributed by atoms with E-state index >= 15 is 0 Å². The molecule has 2 aromatic heterocycles. The molecule has 0 saturated heterocycles. The molecule has 0 unspecified atom stereocenters. The van der Waals surface area contributed by atoms with Crippen molar-refractivity contribution in [3.8, 4) is 0 Å². The van der Waals surface area contributed by atoms with Gasteiger partial charge in [0.05, 0.1) is 18.8 Å². The maximum absolute atomic E-state index is 11.9. The van der Waals surface area contributed by atoms with E-state index in [1.54, 1.807) is 11.9 Å². The third kappa shape index (κ3) is 3.52. The Morgan fingerprint density at radius 1 is 1.48 bits per heavy atom. The summed E-state index contributed by atoms with van der Waals surface area (Å²) in [4.78, 5) is 18.1. The van der Waals surface area contributed by atoms with E-state index in [-0.39, 0.29) is 19.1 Å². The number of carbonyl (C=O) groups is 1. The Hall–Kier alpha value is -2.08. The Morgan fingerprint density at radius 3 is 2.90 bits per heavy atom. The molecule has 0 radical (unpaired) electrons. The first-order valence-corrected chi connectivity index (χ1v) is 7.07. The number of hydrogen-bond donors (Lipinski definition) is 2. The SMILES string of the molecule is CC(C)CNC(=O)CN(C)c1nc2ccccn2c1CO. The number of aromatic nitrogens is 2. The fourth-order valence-electron chi connectivity index (χ4n) is 2.15. The number of nitrogens with zero attached hydrogens (tertiary/aromatic N) is 3. The molecule has 0 spiro atoms. The summed E-state index contributed by atoms with van der Waals surface area (Å²) in [6.07, 6.45) is 1.85. The van der Waals surface area contributed by atoms with E-state index in [0.29, 0.717) is 24.0 Å². The van der Waals surface area contributed by atoms with Gasteiger partial charge in [-0.2, -0.15) is 0 Å². The third-order valence-corrected chi connectivity index (χ3v) is 3.21. The topological polar surface area (TPSA) is 69.9 Å². The van der Waals surface area contributed by atoms with Crippen LogP contribution in [0.15, 0.2) is 24.4 Å². The predicted octanol–water partition coefficient (Wildman–Crippen LogP) is 1.03. The molecular weight excluding hydrogens is 268 g/mol. The molecule has 1 amide bonds. The molecule has 2 N–H and O–H groups in total. The summed E-state index contributed by atoms with van der Waals surface area (Å²) < 4.78 is 1.83. The van der Waals surface area contributed by atoms with Gasteiger partial charge >= 0.3 is 0 Å². The maximum atomic E-state index is 11.9. The van der Waals surface area contributed by atoms with E-state index in [9.17, 15) is 9.90 Å². The van der Waals surface area contributed by atoms with Crippen molar-refractivity contribution in [1.29, 1.82) is 0 Å². The lowest BCUT2D eigenvalue weighted by atomic mass is 10.2. The lowest BCUT2D eigenvalue weighted by molar-refractivity contribution is -0.119. The van der Waals surface area contributed by atoms with Crippen LogP contribution in [0.3, 0.4) is 0 Å². The minimum Gasteiger partial charge on any atom is -0.390 e. The Morgan fingerprint density at radius 2 is 2.24 bits per heavy atom. The van der Waals surface area contributed by atoms with E-state index < -0.39 is 0 Å². The van der Waals surface area contributed by atoms with E-state index in [1.165, 1.54) is 0 Å². The smallest absolute Gasteiger partial charge is 0.239 e. The summed E-state index contributed by atoms with van der Waals surface area (Å²) in [5.41, 5.74) is 1.44. The minimum absolute atomic E-state index is 0.0489. The first-order chi connectivity index (χ1) is 10.0. The van der Waals surface area contributed by atoms with Crippen molar-refractivity contribution in [1.82, 2.24) is 14.7 Å². The van der Waals surface area contributed by atoms with Gasteiger partial charge in [-0.05, 0) is 18.1 Å². The third-order valence-electron chi connectivity index (χ3n) is 3.21. The van der Waals surface area contributed by atoms with Gasteiger partial charge in [0.2, 0.25) is 5.91 Å². The summed E-state index contributed by atoms with van der Waals surface area (Å²) >= 11 is 0. The molecular formula is C15H22N4O2. The highest BCUT2D eigenvalue weighted by atomic mass is 16.3. The second kappa shape index (κ2) is 6.58. The van der Waals surface area contributed by atoms with Gasteiger partial charge in [-0.1, -0.05) is 19.9 Å². The van der Waals surface area contributed by atoms with Gasteiger partial charge in [-0.3, -0.25) is 9.20 Å². The molecule has 2 rings (SSSR count). The number of rotatable bonds is 6. The monoisotopic (exact) mass is 290 g/mol. The quantitative estimate of drug-likeness (QED) is 0.834. The largest absolute Gasteiger partial charge is 0.390 e. The molecule has 2 heterocycles. The second-order valence-electron chi connectivity index (χ2n) is 5.52. The van der Waals surface area contributed by atoms with Crippen molar-refractivity contribution in [2.24, 2.45) is 5.92 Å². The molecule has 0 aliphatic carbocycles. The van der Waals surface area contributed by atoms with Gasteiger partial charge in [-0.15, -0.1) is 0 Å². The lowest BCUT2D eigenvalue weighted by Gasteiger charge is -2.18. The number of anilines is 1. The van der Waals surface area contributed by atoms with Crippen molar-refractivity contribution in [2.45, 2.75) is 20.5 Å². The predicted molar refractivity (Wildman–Crippen MR) is 82.2 cm³/mol. The Bertz CT molecular complexity index is 621. The highest BCUT2D eigenvalue weighted by Gasteiger charge is 2.16. The number of aliphatic hydroxyl groups is 1. The number of pyridine rings is 1. The van der Waals surface area contributed by atoms with Crippen LogP contribution in [0, 0.1) is 5.92 Å². The minimum atomic E-state index is -0.127. The number of carbonyl (C=O) groups excluding carboxylic acids is 1. The van der Waals surface area contributed by atoms with Gasteiger partial charge in [0.15, 0.2) is 5.82 Å². The van der Waals surface area contributed by atoms with Crippen molar-refractivity contribution in [3.63, 3.8) is 0 Å². The normalized spacial score (nSPS) is 11.1. The molecule has 0 bridgehead atoms. The van der Waals surface area contributed by atoms with Gasteiger partial charge in [0.1, 0.15) is 5.65 Å². The highest BCUT2D eigenvalue weighted by molar-refractivity contribution is 5.81. The van der Waals surface area contributed by atoms with Crippen LogP contribution >= 0.6 is 0 Å². The molecule has 0 aliphatic rings. The van der Waals surface area contributed by atoms with Crippen molar-refractivity contribution in [2.75, 3.05) is 25.0 Å². The van der Waals surface area contributed by atoms with Crippen LogP contribution in [-0.4, -0.2) is 40.5 Å². The number of imidazole rings is 1. The van der Waals surface area contributed by atoms with Crippen molar-refractivity contribution < 1.29 is 9.90 Å². The lowest BCUT2D eigenvalue weighted by Crippen LogP contribution is -2.37. The summed E-state index contributed by atoms with van der Waals surface area (Å²) in [6.45, 7) is 4.85. The molecule has 6 nitrogen and oxygen atoms in total. The number of likely N-dealkylation sites (N-methyl/N-ethyl adjacent to an activating group) is 1. The number of hydrogen-bond acceptors (Lipinski definition) is 4. The molecule has 0 saturated carbocycles. The Labute approximate surface area is 124 Å². The second-order valence-corrected chi connectivity index (χ2v) is 5.52. The first kappa shape index (κ1) is 15.3. The molecule has 21 heavy (non-hydrogen) atoms. The van der Waals surface area contributed by atoms with Crippen LogP contribution in [0.5, 0.6) is 0 Å². The van der Waals surface area contributed by atoms with Gasteiger partial charge in [-0.25, -0.2) is 4.98 Å². The van der Waals surface area contributed by atoms with Crippen LogP contribution in [-0.2, 0) is 11.4 Å². The fraction of sp³-hybridized carbons (Fsp3) is 0.467. The van der Waals surface area contributed by atoms with E-state index in [1.807, 2.05) is 28.8 Å². The van der Waals surface area contributed by atoms with Crippen molar-refractivity contribution in [3.05, 3.63) is 30.1 Å². The summed E-state index contributed by atoms with van der Waals surface area (Å²) in [7, 11) is 1.80. The Balaban J connectivity index is 2.15. The van der Waals surface area contributed by atoms with Gasteiger partial charge < -0.3 is 15.3 Å². The van der Waals surface area contributed by atoms with E-state index in [4.69, 9.17) is 0 Å². The Kier molecular flexibility index (Phi) is 4.80. The number of fused-ring (bicyclic) bond motifs is 1. The molecule has 0 aromatic carbocycles. The first-order valence-electron chi connectivity index (χ1n) is 7.07. The average molecular weight is 290 g/mol. The maximum Gasteiger partial charge on any atom is 0.239 e. The molecule has 2 aromatic rings. The molecule has 114 valence electrons. The van der Waals surface area contributed by atoms with Crippen LogP contribution < -0.4 is 10.2 Å². The van der Waals surface area contributed by atoms with Crippen LogP contribution in [0.4, 0.5) is 5.82 Å². The number of amides is 1. The van der Waals surface area contributed by atoms with Crippen LogP contribution in [0.1, 0.15) is 19.5 Å². The van der Waals surface area contributed by atoms with Crippen LogP contribution in [0.2, 0.25) is 0 Å². The van der Waals surface area contributed by atoms with E-state index in [2.05, 4.69) is 24.1 Å². The highest BCUT2D eigenvalue weighted by Crippen LogP contribution is 2.20. The molecule has 0 aliphatic heterocycles. The van der Waals surface area contributed by atoms with Crippen molar-refractivity contribution >= 4 is 17.4 Å². The average Bonchev–Trinajstić information content (AvgIpc) is 2.83. The molecule has 0 atom stereocenters. The zero-order valence-corrected chi connectivity index (χ0v) is 12.7. The van der Waals surface area contributed by atoms with E-state index in [0.717, 1.165) is 5.65 Å².